The van der Waals surface area contributed by atoms with E-state index in [-0.39, 0.29) is 29.4 Å². The van der Waals surface area contributed by atoms with Crippen LogP contribution in [0.1, 0.15) is 35.3 Å². The first kappa shape index (κ1) is 22.5. The summed E-state index contributed by atoms with van der Waals surface area (Å²) >= 11 is 1.22. The fourth-order valence-electron chi connectivity index (χ4n) is 2.46. The standard InChI is InChI=1S/C22H26N2O4S/c1-14(2)28-22(27)17-6-5-7-18(11-17)23-20(25)12-29-13-21(26)24-19-9-8-15(3)16(4)10-19/h5-11,14H,12-13H2,1-4H3,(H,23,25)(H,24,26). The van der Waals surface area contributed by atoms with Crippen molar-refractivity contribution in [3.8, 4) is 0 Å². The first-order valence-corrected chi connectivity index (χ1v) is 10.5. The topological polar surface area (TPSA) is 84.5 Å². The summed E-state index contributed by atoms with van der Waals surface area (Å²) in [6, 6.07) is 12.3. The molecule has 2 aromatic carbocycles. The van der Waals surface area contributed by atoms with E-state index in [4.69, 9.17) is 4.74 Å². The van der Waals surface area contributed by atoms with Crippen molar-refractivity contribution in [2.24, 2.45) is 0 Å². The summed E-state index contributed by atoms with van der Waals surface area (Å²) in [5.41, 5.74) is 3.89. The molecule has 0 heterocycles. The Morgan fingerprint density at radius 2 is 1.52 bits per heavy atom. The van der Waals surface area contributed by atoms with Gasteiger partial charge in [0.25, 0.3) is 0 Å². The fourth-order valence-corrected chi connectivity index (χ4v) is 3.07. The molecular weight excluding hydrogens is 388 g/mol. The summed E-state index contributed by atoms with van der Waals surface area (Å²) in [6.07, 6.45) is -0.216. The van der Waals surface area contributed by atoms with Crippen molar-refractivity contribution in [3.63, 3.8) is 0 Å². The van der Waals surface area contributed by atoms with Crippen LogP contribution in [0, 0.1) is 13.8 Å². The van der Waals surface area contributed by atoms with E-state index in [9.17, 15) is 14.4 Å². The summed E-state index contributed by atoms with van der Waals surface area (Å²) in [6.45, 7) is 7.55. The summed E-state index contributed by atoms with van der Waals surface area (Å²) in [7, 11) is 0. The third-order valence-corrected chi connectivity index (χ3v) is 4.91. The monoisotopic (exact) mass is 414 g/mol. The summed E-state index contributed by atoms with van der Waals surface area (Å²) in [5, 5.41) is 5.55. The molecule has 0 aliphatic carbocycles. The van der Waals surface area contributed by atoms with Crippen LogP contribution < -0.4 is 10.6 Å². The molecule has 0 saturated heterocycles. The number of rotatable bonds is 8. The molecule has 2 aromatic rings. The van der Waals surface area contributed by atoms with Gasteiger partial charge < -0.3 is 15.4 Å². The van der Waals surface area contributed by atoms with Crippen LogP contribution in [0.25, 0.3) is 0 Å². The lowest BCUT2D eigenvalue weighted by atomic mass is 10.1. The second-order valence-electron chi connectivity index (χ2n) is 6.92. The molecule has 2 amide bonds. The first-order chi connectivity index (χ1) is 13.7. The lowest BCUT2D eigenvalue weighted by Crippen LogP contribution is -2.19. The average Bonchev–Trinajstić information content (AvgIpc) is 2.64. The molecule has 0 unspecified atom stereocenters. The van der Waals surface area contributed by atoms with Gasteiger partial charge in [0, 0.05) is 11.4 Å². The number of thioether (sulfide) groups is 1. The van der Waals surface area contributed by atoms with E-state index in [1.165, 1.54) is 11.8 Å². The van der Waals surface area contributed by atoms with E-state index in [2.05, 4.69) is 10.6 Å². The number of aryl methyl sites for hydroxylation is 2. The van der Waals surface area contributed by atoms with Gasteiger partial charge in [0.1, 0.15) is 0 Å². The number of carbonyl (C=O) groups is 3. The predicted molar refractivity (Wildman–Crippen MR) is 117 cm³/mol. The van der Waals surface area contributed by atoms with Gasteiger partial charge in [0.05, 0.1) is 23.2 Å². The number of carbonyl (C=O) groups excluding carboxylic acids is 3. The molecule has 0 spiro atoms. The van der Waals surface area contributed by atoms with Crippen LogP contribution >= 0.6 is 11.8 Å². The minimum absolute atomic E-state index is 0.126. The Hall–Kier alpha value is -2.80. The number of hydrogen-bond acceptors (Lipinski definition) is 5. The summed E-state index contributed by atoms with van der Waals surface area (Å²) < 4.78 is 5.15. The molecule has 7 heteroatoms. The normalized spacial score (nSPS) is 10.5. The van der Waals surface area contributed by atoms with Crippen molar-refractivity contribution >= 4 is 40.9 Å². The number of amides is 2. The van der Waals surface area contributed by atoms with Crippen molar-refractivity contribution in [3.05, 3.63) is 59.2 Å². The molecule has 0 aliphatic heterocycles. The molecule has 0 saturated carbocycles. The van der Waals surface area contributed by atoms with Gasteiger partial charge in [-0.1, -0.05) is 12.1 Å². The number of hydrogen-bond donors (Lipinski definition) is 2. The van der Waals surface area contributed by atoms with Gasteiger partial charge in [-0.15, -0.1) is 11.8 Å². The van der Waals surface area contributed by atoms with Crippen molar-refractivity contribution in [2.75, 3.05) is 22.1 Å². The predicted octanol–water partition coefficient (Wildman–Crippen LogP) is 4.18. The Balaban J connectivity index is 1.78. The van der Waals surface area contributed by atoms with Crippen LogP contribution in [0.2, 0.25) is 0 Å². The van der Waals surface area contributed by atoms with Crippen LogP contribution in [-0.4, -0.2) is 35.4 Å². The Bertz CT molecular complexity index is 896. The maximum Gasteiger partial charge on any atom is 0.338 e. The van der Waals surface area contributed by atoms with Crippen LogP contribution in [0.3, 0.4) is 0 Å². The van der Waals surface area contributed by atoms with Crippen LogP contribution in [-0.2, 0) is 14.3 Å². The second kappa shape index (κ2) is 10.7. The van der Waals surface area contributed by atoms with Crippen molar-refractivity contribution in [2.45, 2.75) is 33.8 Å². The molecule has 0 aliphatic rings. The first-order valence-electron chi connectivity index (χ1n) is 9.30. The van der Waals surface area contributed by atoms with E-state index >= 15 is 0 Å². The van der Waals surface area contributed by atoms with Gasteiger partial charge in [-0.25, -0.2) is 4.79 Å². The van der Waals surface area contributed by atoms with E-state index in [0.29, 0.717) is 11.3 Å². The maximum absolute atomic E-state index is 12.1. The summed E-state index contributed by atoms with van der Waals surface area (Å²) in [4.78, 5) is 36.1. The highest BCUT2D eigenvalue weighted by atomic mass is 32.2. The van der Waals surface area contributed by atoms with Crippen LogP contribution in [0.15, 0.2) is 42.5 Å². The van der Waals surface area contributed by atoms with Crippen molar-refractivity contribution in [1.82, 2.24) is 0 Å². The average molecular weight is 415 g/mol. The van der Waals surface area contributed by atoms with Gasteiger partial charge in [-0.2, -0.15) is 0 Å². The Labute approximate surface area is 175 Å². The minimum Gasteiger partial charge on any atom is -0.459 e. The van der Waals surface area contributed by atoms with Gasteiger partial charge in [-0.3, -0.25) is 9.59 Å². The molecule has 29 heavy (non-hydrogen) atoms. The largest absolute Gasteiger partial charge is 0.459 e. The van der Waals surface area contributed by atoms with E-state index in [0.717, 1.165) is 16.8 Å². The smallest absolute Gasteiger partial charge is 0.338 e. The number of benzene rings is 2. The van der Waals surface area contributed by atoms with Crippen LogP contribution in [0.5, 0.6) is 0 Å². The molecule has 0 atom stereocenters. The summed E-state index contributed by atoms with van der Waals surface area (Å²) in [5.74, 6) is -0.552. The van der Waals surface area contributed by atoms with Gasteiger partial charge in [-0.05, 0) is 69.2 Å². The third-order valence-electron chi connectivity index (χ3n) is 3.98. The Kier molecular flexibility index (Phi) is 8.27. The molecule has 0 radical (unpaired) electrons. The number of esters is 1. The molecule has 0 fully saturated rings. The van der Waals surface area contributed by atoms with Gasteiger partial charge >= 0.3 is 5.97 Å². The minimum atomic E-state index is -0.437. The highest BCUT2D eigenvalue weighted by Gasteiger charge is 2.11. The van der Waals surface area contributed by atoms with Crippen molar-refractivity contribution < 1.29 is 19.1 Å². The quantitative estimate of drug-likeness (QED) is 0.633. The maximum atomic E-state index is 12.1. The Morgan fingerprint density at radius 1 is 0.897 bits per heavy atom. The lowest BCUT2D eigenvalue weighted by Gasteiger charge is -2.10. The zero-order chi connectivity index (χ0) is 21.4. The Morgan fingerprint density at radius 3 is 2.10 bits per heavy atom. The lowest BCUT2D eigenvalue weighted by molar-refractivity contribution is -0.114. The highest BCUT2D eigenvalue weighted by molar-refractivity contribution is 8.00. The van der Waals surface area contributed by atoms with Gasteiger partial charge in [0.2, 0.25) is 11.8 Å². The molecule has 6 nitrogen and oxygen atoms in total. The van der Waals surface area contributed by atoms with Crippen molar-refractivity contribution in [1.29, 1.82) is 0 Å². The third kappa shape index (κ3) is 7.62. The number of nitrogens with one attached hydrogen (secondary N) is 2. The molecule has 0 aromatic heterocycles. The van der Waals surface area contributed by atoms with Crippen LogP contribution in [0.4, 0.5) is 11.4 Å². The highest BCUT2D eigenvalue weighted by Crippen LogP contribution is 2.15. The number of ether oxygens (including phenoxy) is 1. The van der Waals surface area contributed by atoms with Gasteiger partial charge in [0.15, 0.2) is 0 Å². The molecular formula is C22H26N2O4S. The van der Waals surface area contributed by atoms with E-state index < -0.39 is 5.97 Å². The molecule has 154 valence electrons. The van der Waals surface area contributed by atoms with E-state index in [1.54, 1.807) is 38.1 Å². The second-order valence-corrected chi connectivity index (χ2v) is 7.91. The molecule has 0 bridgehead atoms. The number of anilines is 2. The van der Waals surface area contributed by atoms with E-state index in [1.807, 2.05) is 32.0 Å². The SMILES string of the molecule is Cc1ccc(NC(=O)CSCC(=O)Nc2cccc(C(=O)OC(C)C)c2)cc1C. The molecule has 2 rings (SSSR count). The molecule has 2 N–H and O–H groups in total. The fraction of sp³-hybridized carbons (Fsp3) is 0.318. The zero-order valence-corrected chi connectivity index (χ0v) is 17.9. The zero-order valence-electron chi connectivity index (χ0n) is 17.1.